The van der Waals surface area contributed by atoms with Crippen molar-refractivity contribution in [1.29, 1.82) is 0 Å². The lowest BCUT2D eigenvalue weighted by Gasteiger charge is -2.33. The monoisotopic (exact) mass is 303 g/mol. The summed E-state index contributed by atoms with van der Waals surface area (Å²) in [5.74, 6) is 0.190. The molecule has 0 radical (unpaired) electrons. The fraction of sp³-hybridized carbons (Fsp3) is 0.333. The van der Waals surface area contributed by atoms with Gasteiger partial charge in [-0.1, -0.05) is 54.8 Å². The molecule has 3 heteroatoms. The van der Waals surface area contributed by atoms with E-state index in [2.05, 4.69) is 29.6 Å². The first kappa shape index (κ1) is 14.4. The fourth-order valence-corrected chi connectivity index (χ4v) is 3.38. The minimum absolute atomic E-state index is 0.239. The zero-order valence-corrected chi connectivity index (χ0v) is 12.6. The molecule has 3 rings (SSSR count). The lowest BCUT2D eigenvalue weighted by Crippen LogP contribution is -2.31. The number of halogens is 2. The molecule has 0 aromatic heterocycles. The maximum Gasteiger partial charge on any atom is 0.146 e. The lowest BCUT2D eigenvalue weighted by molar-refractivity contribution is 0.404. The van der Waals surface area contributed by atoms with Crippen LogP contribution in [-0.2, 0) is 0 Å². The molecule has 0 bridgehead atoms. The maximum atomic E-state index is 13.9. The molecule has 2 aromatic rings. The number of hydrogen-bond acceptors (Lipinski definition) is 1. The Balaban J connectivity index is 1.83. The minimum Gasteiger partial charge on any atom is -0.379 e. The summed E-state index contributed by atoms with van der Waals surface area (Å²) in [5, 5.41) is 3.94. The van der Waals surface area contributed by atoms with Crippen molar-refractivity contribution >= 4 is 17.3 Å². The van der Waals surface area contributed by atoms with Crippen molar-refractivity contribution in [2.24, 2.45) is 0 Å². The van der Waals surface area contributed by atoms with E-state index in [1.807, 2.05) is 6.07 Å². The van der Waals surface area contributed by atoms with E-state index in [-0.39, 0.29) is 11.9 Å². The van der Waals surface area contributed by atoms with Crippen LogP contribution in [-0.4, -0.2) is 6.04 Å². The van der Waals surface area contributed by atoms with Gasteiger partial charge in [0.05, 0.1) is 5.69 Å². The van der Waals surface area contributed by atoms with Gasteiger partial charge in [-0.3, -0.25) is 0 Å². The third kappa shape index (κ3) is 3.38. The molecule has 0 heterocycles. The SMILES string of the molecule is Fc1ccc(Cl)cc1NC1CCCCC1c1ccccc1. The normalized spacial score (nSPS) is 22.0. The highest BCUT2D eigenvalue weighted by Crippen LogP contribution is 2.35. The highest BCUT2D eigenvalue weighted by atomic mass is 35.5. The van der Waals surface area contributed by atoms with Gasteiger partial charge in [0, 0.05) is 17.0 Å². The highest BCUT2D eigenvalue weighted by Gasteiger charge is 2.26. The molecule has 0 aliphatic heterocycles. The quantitative estimate of drug-likeness (QED) is 0.776. The van der Waals surface area contributed by atoms with E-state index >= 15 is 0 Å². The van der Waals surface area contributed by atoms with Crippen molar-refractivity contribution < 1.29 is 4.39 Å². The van der Waals surface area contributed by atoms with Crippen LogP contribution >= 0.6 is 11.6 Å². The van der Waals surface area contributed by atoms with Crippen LogP contribution in [0.4, 0.5) is 10.1 Å². The molecule has 110 valence electrons. The van der Waals surface area contributed by atoms with Gasteiger partial charge in [-0.2, -0.15) is 0 Å². The van der Waals surface area contributed by atoms with Crippen molar-refractivity contribution in [1.82, 2.24) is 0 Å². The van der Waals surface area contributed by atoms with E-state index in [1.165, 1.54) is 24.5 Å². The fourth-order valence-electron chi connectivity index (χ4n) is 3.21. The van der Waals surface area contributed by atoms with E-state index in [0.717, 1.165) is 12.8 Å². The first-order valence-electron chi connectivity index (χ1n) is 7.50. The molecule has 1 nitrogen and oxygen atoms in total. The van der Waals surface area contributed by atoms with Gasteiger partial charge in [-0.25, -0.2) is 4.39 Å². The molecule has 2 atom stereocenters. The van der Waals surface area contributed by atoms with E-state index in [1.54, 1.807) is 12.1 Å². The first-order chi connectivity index (χ1) is 10.2. The van der Waals surface area contributed by atoms with Gasteiger partial charge >= 0.3 is 0 Å². The molecule has 21 heavy (non-hydrogen) atoms. The summed E-state index contributed by atoms with van der Waals surface area (Å²) < 4.78 is 13.9. The van der Waals surface area contributed by atoms with Crippen LogP contribution < -0.4 is 5.32 Å². The van der Waals surface area contributed by atoms with E-state index in [9.17, 15) is 4.39 Å². The second-order valence-corrected chi connectivity index (χ2v) is 6.11. The molecule has 1 saturated carbocycles. The van der Waals surface area contributed by atoms with Crippen LogP contribution in [0, 0.1) is 5.82 Å². The molecule has 1 fully saturated rings. The van der Waals surface area contributed by atoms with Gasteiger partial charge in [0.25, 0.3) is 0 Å². The lowest BCUT2D eigenvalue weighted by atomic mass is 9.80. The number of benzene rings is 2. The molecule has 1 N–H and O–H groups in total. The van der Waals surface area contributed by atoms with Crippen molar-refractivity contribution in [3.05, 3.63) is 64.9 Å². The number of rotatable bonds is 3. The van der Waals surface area contributed by atoms with Crippen LogP contribution in [0.1, 0.15) is 37.2 Å². The van der Waals surface area contributed by atoms with Gasteiger partial charge in [-0.15, -0.1) is 0 Å². The minimum atomic E-state index is -0.239. The molecule has 0 amide bonds. The summed E-state index contributed by atoms with van der Waals surface area (Å²) in [6, 6.07) is 15.4. The van der Waals surface area contributed by atoms with Gasteiger partial charge < -0.3 is 5.32 Å². The van der Waals surface area contributed by atoms with Crippen LogP contribution in [0.25, 0.3) is 0 Å². The maximum absolute atomic E-state index is 13.9. The van der Waals surface area contributed by atoms with Crippen LogP contribution in [0.3, 0.4) is 0 Å². The highest BCUT2D eigenvalue weighted by molar-refractivity contribution is 6.30. The van der Waals surface area contributed by atoms with Gasteiger partial charge in [0.15, 0.2) is 0 Å². The Labute approximate surface area is 130 Å². The summed E-state index contributed by atoms with van der Waals surface area (Å²) in [7, 11) is 0. The predicted molar refractivity (Wildman–Crippen MR) is 86.5 cm³/mol. The Kier molecular flexibility index (Phi) is 4.45. The zero-order valence-electron chi connectivity index (χ0n) is 11.9. The van der Waals surface area contributed by atoms with E-state index in [4.69, 9.17) is 11.6 Å². The van der Waals surface area contributed by atoms with Gasteiger partial charge in [0.2, 0.25) is 0 Å². The van der Waals surface area contributed by atoms with Crippen molar-refractivity contribution in [3.8, 4) is 0 Å². The summed E-state index contributed by atoms with van der Waals surface area (Å²) >= 11 is 5.98. The Bertz CT molecular complexity index is 599. The van der Waals surface area contributed by atoms with Crippen LogP contribution in [0.2, 0.25) is 5.02 Å². The first-order valence-corrected chi connectivity index (χ1v) is 7.88. The average molecular weight is 304 g/mol. The second-order valence-electron chi connectivity index (χ2n) is 5.68. The summed E-state index contributed by atoms with van der Waals surface area (Å²) in [6.07, 6.45) is 4.62. The molecular formula is C18H19ClFN. The third-order valence-electron chi connectivity index (χ3n) is 4.26. The topological polar surface area (TPSA) is 12.0 Å². The molecule has 1 aliphatic carbocycles. The zero-order chi connectivity index (χ0) is 14.7. The second kappa shape index (κ2) is 6.48. The number of anilines is 1. The van der Waals surface area contributed by atoms with E-state index < -0.39 is 0 Å². The molecular weight excluding hydrogens is 285 g/mol. The Hall–Kier alpha value is -1.54. The van der Waals surface area contributed by atoms with E-state index in [0.29, 0.717) is 16.6 Å². The average Bonchev–Trinajstić information content (AvgIpc) is 2.52. The molecule has 2 aromatic carbocycles. The van der Waals surface area contributed by atoms with Gasteiger partial charge in [0.1, 0.15) is 5.82 Å². The van der Waals surface area contributed by atoms with Crippen molar-refractivity contribution in [3.63, 3.8) is 0 Å². The standard InChI is InChI=1S/C18H19ClFN/c19-14-10-11-16(20)18(12-14)21-17-9-5-4-8-15(17)13-6-2-1-3-7-13/h1-3,6-7,10-12,15,17,21H,4-5,8-9H2. The molecule has 1 aliphatic rings. The largest absolute Gasteiger partial charge is 0.379 e. The van der Waals surface area contributed by atoms with Crippen LogP contribution in [0.15, 0.2) is 48.5 Å². The summed E-state index contributed by atoms with van der Waals surface area (Å²) in [4.78, 5) is 0. The Morgan fingerprint density at radius 3 is 2.57 bits per heavy atom. The van der Waals surface area contributed by atoms with Crippen LogP contribution in [0.5, 0.6) is 0 Å². The Morgan fingerprint density at radius 2 is 1.76 bits per heavy atom. The molecule has 0 saturated heterocycles. The van der Waals surface area contributed by atoms with Crippen molar-refractivity contribution in [2.75, 3.05) is 5.32 Å². The molecule has 0 spiro atoms. The van der Waals surface area contributed by atoms with Gasteiger partial charge in [-0.05, 0) is 36.6 Å². The van der Waals surface area contributed by atoms with Crippen molar-refractivity contribution in [2.45, 2.75) is 37.6 Å². The number of hydrogen-bond donors (Lipinski definition) is 1. The summed E-state index contributed by atoms with van der Waals surface area (Å²) in [6.45, 7) is 0. The smallest absolute Gasteiger partial charge is 0.146 e. The predicted octanol–water partition coefficient (Wildman–Crippen LogP) is 5.62. The summed E-state index contributed by atoms with van der Waals surface area (Å²) in [5.41, 5.74) is 1.84. The third-order valence-corrected chi connectivity index (χ3v) is 4.50. The molecule has 2 unspecified atom stereocenters. The number of nitrogens with one attached hydrogen (secondary N) is 1. The Morgan fingerprint density at radius 1 is 1.00 bits per heavy atom.